The Balaban J connectivity index is 2.51. The van der Waals surface area contributed by atoms with Gasteiger partial charge in [0.2, 0.25) is 0 Å². The van der Waals surface area contributed by atoms with E-state index in [4.69, 9.17) is 4.74 Å². The molecule has 22 heavy (non-hydrogen) atoms. The van der Waals surface area contributed by atoms with Crippen molar-refractivity contribution >= 4 is 17.3 Å². The van der Waals surface area contributed by atoms with Crippen molar-refractivity contribution in [3.63, 3.8) is 0 Å². The molecule has 3 nitrogen and oxygen atoms in total. The number of ketones is 1. The molecule has 0 bridgehead atoms. The second kappa shape index (κ2) is 6.34. The number of hydrogen-bond donors (Lipinski definition) is 0. The largest absolute Gasteiger partial charge is 0.466 e. The summed E-state index contributed by atoms with van der Waals surface area (Å²) in [5.41, 5.74) is 0.487. The quantitative estimate of drug-likeness (QED) is 0.803. The Morgan fingerprint density at radius 1 is 1.27 bits per heavy atom. The zero-order valence-electron chi connectivity index (χ0n) is 11.9. The third-order valence-corrected chi connectivity index (χ3v) is 3.54. The van der Waals surface area contributed by atoms with E-state index in [-0.39, 0.29) is 12.2 Å². The Bertz CT molecular complexity index is 590. The second-order valence-electron chi connectivity index (χ2n) is 5.01. The van der Waals surface area contributed by atoms with E-state index in [0.29, 0.717) is 5.56 Å². The van der Waals surface area contributed by atoms with Crippen LogP contribution in [0.15, 0.2) is 36.4 Å². The van der Waals surface area contributed by atoms with Crippen LogP contribution in [0.2, 0.25) is 0 Å². The van der Waals surface area contributed by atoms with Crippen molar-refractivity contribution in [2.75, 3.05) is 6.61 Å². The van der Waals surface area contributed by atoms with Gasteiger partial charge in [-0.1, -0.05) is 30.3 Å². The number of hydrogen-bond acceptors (Lipinski definition) is 3. The van der Waals surface area contributed by atoms with Crippen LogP contribution in [-0.4, -0.2) is 24.5 Å². The van der Waals surface area contributed by atoms with E-state index in [1.807, 2.05) is 0 Å². The smallest absolute Gasteiger partial charge is 0.393 e. The third kappa shape index (κ3) is 3.37. The van der Waals surface area contributed by atoms with Crippen LogP contribution in [0.4, 0.5) is 13.2 Å². The lowest BCUT2D eigenvalue weighted by molar-refractivity contribution is -0.195. The summed E-state index contributed by atoms with van der Waals surface area (Å²) in [5.74, 6) is -5.16. The number of carbonyl (C=O) groups is 2. The first-order valence-electron chi connectivity index (χ1n) is 6.87. The molecular weight excluding hydrogens is 297 g/mol. The minimum atomic E-state index is -4.65. The van der Waals surface area contributed by atoms with Crippen LogP contribution in [0, 0.1) is 11.8 Å². The van der Waals surface area contributed by atoms with Crippen molar-refractivity contribution in [2.45, 2.75) is 19.5 Å². The Morgan fingerprint density at radius 3 is 2.45 bits per heavy atom. The fourth-order valence-corrected chi connectivity index (χ4v) is 2.59. The first-order valence-corrected chi connectivity index (χ1v) is 6.87. The maximum Gasteiger partial charge on any atom is 0.393 e. The van der Waals surface area contributed by atoms with Crippen LogP contribution in [0.25, 0.3) is 5.57 Å². The molecule has 6 heteroatoms. The van der Waals surface area contributed by atoms with Gasteiger partial charge in [-0.3, -0.25) is 9.59 Å². The molecule has 1 aliphatic carbocycles. The Labute approximate surface area is 125 Å². The average Bonchev–Trinajstić information content (AvgIpc) is 2.46. The third-order valence-electron chi connectivity index (χ3n) is 3.54. The van der Waals surface area contributed by atoms with Gasteiger partial charge in [-0.2, -0.15) is 13.2 Å². The number of esters is 1. The van der Waals surface area contributed by atoms with Crippen molar-refractivity contribution < 1.29 is 27.5 Å². The summed E-state index contributed by atoms with van der Waals surface area (Å²) in [7, 11) is 0. The molecule has 2 unspecified atom stereocenters. The van der Waals surface area contributed by atoms with E-state index >= 15 is 0 Å². The van der Waals surface area contributed by atoms with Gasteiger partial charge in [-0.15, -0.1) is 0 Å². The van der Waals surface area contributed by atoms with Gasteiger partial charge in [0.15, 0.2) is 5.78 Å². The van der Waals surface area contributed by atoms with E-state index in [0.717, 1.165) is 6.08 Å². The monoisotopic (exact) mass is 312 g/mol. The van der Waals surface area contributed by atoms with Gasteiger partial charge in [0, 0.05) is 6.42 Å². The first-order chi connectivity index (χ1) is 10.3. The summed E-state index contributed by atoms with van der Waals surface area (Å²) in [5, 5.41) is 0. The van der Waals surface area contributed by atoms with Gasteiger partial charge < -0.3 is 4.74 Å². The molecule has 0 aliphatic heterocycles. The standard InChI is InChI=1S/C16H15F3O3/c1-2-22-15(21)14-12(10-6-4-3-5-7-10)8-11(20)9-13(14)16(17,18)19/h3-8,13-14H,2,9H2,1H3. The fraction of sp³-hybridized carbons (Fsp3) is 0.375. The number of ether oxygens (including phenoxy) is 1. The summed E-state index contributed by atoms with van der Waals surface area (Å²) in [4.78, 5) is 23.8. The van der Waals surface area contributed by atoms with Crippen LogP contribution in [-0.2, 0) is 14.3 Å². The molecular formula is C16H15F3O3. The molecule has 1 aliphatic rings. The lowest BCUT2D eigenvalue weighted by atomic mass is 9.75. The zero-order valence-corrected chi connectivity index (χ0v) is 11.9. The highest BCUT2D eigenvalue weighted by atomic mass is 19.4. The van der Waals surface area contributed by atoms with E-state index in [2.05, 4.69) is 0 Å². The van der Waals surface area contributed by atoms with Gasteiger partial charge in [-0.25, -0.2) is 0 Å². The molecule has 1 aromatic carbocycles. The molecule has 0 amide bonds. The number of allylic oxidation sites excluding steroid dienone is 1. The Morgan fingerprint density at radius 2 is 1.91 bits per heavy atom. The van der Waals surface area contributed by atoms with Crippen LogP contribution in [0.3, 0.4) is 0 Å². The summed E-state index contributed by atoms with van der Waals surface area (Å²) in [6, 6.07) is 8.13. The Kier molecular flexibility index (Phi) is 4.68. The minimum absolute atomic E-state index is 0.0179. The number of halogens is 3. The molecule has 0 heterocycles. The number of alkyl halides is 3. The number of benzene rings is 1. The predicted molar refractivity (Wildman–Crippen MR) is 73.7 cm³/mol. The van der Waals surface area contributed by atoms with Gasteiger partial charge in [-0.05, 0) is 24.1 Å². The highest BCUT2D eigenvalue weighted by Crippen LogP contribution is 2.44. The normalized spacial score (nSPS) is 22.2. The molecule has 118 valence electrons. The molecule has 0 radical (unpaired) electrons. The summed E-state index contributed by atoms with van der Waals surface area (Å²) in [6.45, 7) is 1.51. The molecule has 0 N–H and O–H groups in total. The van der Waals surface area contributed by atoms with Crippen molar-refractivity contribution in [3.05, 3.63) is 42.0 Å². The fourth-order valence-electron chi connectivity index (χ4n) is 2.59. The van der Waals surface area contributed by atoms with Gasteiger partial charge in [0.25, 0.3) is 0 Å². The van der Waals surface area contributed by atoms with Crippen molar-refractivity contribution in [1.29, 1.82) is 0 Å². The summed E-state index contributed by atoms with van der Waals surface area (Å²) < 4.78 is 44.6. The molecule has 1 aromatic rings. The number of carbonyl (C=O) groups excluding carboxylic acids is 2. The lowest BCUT2D eigenvalue weighted by Gasteiger charge is -2.32. The highest BCUT2D eigenvalue weighted by Gasteiger charge is 2.52. The lowest BCUT2D eigenvalue weighted by Crippen LogP contribution is -2.40. The summed E-state index contributed by atoms with van der Waals surface area (Å²) >= 11 is 0. The molecule has 0 saturated carbocycles. The highest BCUT2D eigenvalue weighted by molar-refractivity contribution is 6.04. The number of rotatable bonds is 3. The average molecular weight is 312 g/mol. The molecule has 2 atom stereocenters. The van der Waals surface area contributed by atoms with Gasteiger partial charge >= 0.3 is 12.1 Å². The SMILES string of the molecule is CCOC(=O)C1C(c2ccccc2)=CC(=O)CC1C(F)(F)F. The summed E-state index contributed by atoms with van der Waals surface area (Å²) in [6.07, 6.45) is -4.26. The van der Waals surface area contributed by atoms with Crippen molar-refractivity contribution in [3.8, 4) is 0 Å². The van der Waals surface area contributed by atoms with Gasteiger partial charge in [0.05, 0.1) is 18.4 Å². The van der Waals surface area contributed by atoms with E-state index in [9.17, 15) is 22.8 Å². The first kappa shape index (κ1) is 16.3. The van der Waals surface area contributed by atoms with Crippen LogP contribution in [0.1, 0.15) is 18.9 Å². The van der Waals surface area contributed by atoms with Crippen LogP contribution in [0.5, 0.6) is 0 Å². The van der Waals surface area contributed by atoms with Gasteiger partial charge in [0.1, 0.15) is 0 Å². The molecule has 2 rings (SSSR count). The zero-order chi connectivity index (χ0) is 16.3. The van der Waals surface area contributed by atoms with E-state index in [1.165, 1.54) is 6.92 Å². The maximum absolute atomic E-state index is 13.3. The van der Waals surface area contributed by atoms with Crippen molar-refractivity contribution in [2.24, 2.45) is 11.8 Å². The van der Waals surface area contributed by atoms with Crippen LogP contribution >= 0.6 is 0 Å². The topological polar surface area (TPSA) is 43.4 Å². The molecule has 0 spiro atoms. The minimum Gasteiger partial charge on any atom is -0.466 e. The van der Waals surface area contributed by atoms with Crippen molar-refractivity contribution in [1.82, 2.24) is 0 Å². The van der Waals surface area contributed by atoms with E-state index in [1.54, 1.807) is 30.3 Å². The molecule has 0 fully saturated rings. The molecule has 0 aromatic heterocycles. The van der Waals surface area contributed by atoms with Crippen LogP contribution < -0.4 is 0 Å². The predicted octanol–water partition coefficient (Wildman–Crippen LogP) is 3.40. The Hall–Kier alpha value is -2.11. The van der Waals surface area contributed by atoms with E-state index < -0.39 is 36.2 Å². The second-order valence-corrected chi connectivity index (χ2v) is 5.01. The maximum atomic E-state index is 13.3. The molecule has 0 saturated heterocycles.